The highest BCUT2D eigenvalue weighted by Gasteiger charge is 2.65. The first-order chi connectivity index (χ1) is 8.17. The molecule has 2 N–H and O–H groups in total. The van der Waals surface area contributed by atoms with E-state index in [-0.39, 0.29) is 6.42 Å². The summed E-state index contributed by atoms with van der Waals surface area (Å²) in [6.07, 6.45) is -0.541. The van der Waals surface area contributed by atoms with E-state index in [4.69, 9.17) is 10.2 Å². The minimum Gasteiger partial charge on any atom is -0.479 e. The molecule has 104 valence electrons. The Morgan fingerprint density at radius 1 is 1.39 bits per heavy atom. The van der Waals surface area contributed by atoms with Crippen LogP contribution in [-0.4, -0.2) is 45.2 Å². The van der Waals surface area contributed by atoms with Crippen molar-refractivity contribution in [3.05, 3.63) is 0 Å². The van der Waals surface area contributed by atoms with Gasteiger partial charge < -0.3 is 10.2 Å². The van der Waals surface area contributed by atoms with Crippen molar-refractivity contribution < 1.29 is 28.6 Å². The molecule has 1 saturated heterocycles. The second-order valence-electron chi connectivity index (χ2n) is 4.78. The lowest BCUT2D eigenvalue weighted by Crippen LogP contribution is -2.54. The molecule has 0 spiro atoms. The van der Waals surface area contributed by atoms with Crippen molar-refractivity contribution in [2.75, 3.05) is 6.54 Å². The number of unbranched alkanes of at least 4 members (excludes halogenated alkanes) is 1. The lowest BCUT2D eigenvalue weighted by Gasteiger charge is -2.33. The number of carboxylic acid groups (broad SMARTS) is 2. The predicted molar refractivity (Wildman–Crippen MR) is 58.7 cm³/mol. The largest absolute Gasteiger partial charge is 0.479 e. The van der Waals surface area contributed by atoms with Crippen molar-refractivity contribution in [3.63, 3.8) is 0 Å². The number of rotatable bonds is 4. The van der Waals surface area contributed by atoms with Gasteiger partial charge in [-0.3, -0.25) is 4.90 Å². The Hall–Kier alpha value is -1.40. The maximum absolute atomic E-state index is 13.8. The standard InChI is InChI=1S/C11H17F2NO4/c1-3-4-5-7-10(2,8(15)16)14(9(17)18)6-11(7,12)13/h7H,3-6H2,1-2H3,(H,15,16)(H,17,18). The van der Waals surface area contributed by atoms with Crippen LogP contribution in [0.2, 0.25) is 0 Å². The van der Waals surface area contributed by atoms with E-state index in [0.717, 1.165) is 6.92 Å². The summed E-state index contributed by atoms with van der Waals surface area (Å²) < 4.78 is 27.7. The fourth-order valence-corrected chi connectivity index (χ4v) is 2.52. The molecule has 1 fully saturated rings. The van der Waals surface area contributed by atoms with E-state index in [1.54, 1.807) is 6.92 Å². The van der Waals surface area contributed by atoms with Gasteiger partial charge in [0.1, 0.15) is 5.54 Å². The number of aliphatic carboxylic acids is 1. The summed E-state index contributed by atoms with van der Waals surface area (Å²) in [5.74, 6) is -6.32. The molecule has 0 aromatic heterocycles. The molecule has 2 atom stereocenters. The smallest absolute Gasteiger partial charge is 0.408 e. The first kappa shape index (κ1) is 14.7. The number of carboxylic acids is 1. The molecule has 2 unspecified atom stereocenters. The van der Waals surface area contributed by atoms with Gasteiger partial charge in [-0.15, -0.1) is 0 Å². The van der Waals surface area contributed by atoms with Crippen molar-refractivity contribution in [1.29, 1.82) is 0 Å². The van der Waals surface area contributed by atoms with E-state index in [2.05, 4.69) is 0 Å². The molecule has 0 saturated carbocycles. The van der Waals surface area contributed by atoms with Gasteiger partial charge in [0.2, 0.25) is 0 Å². The van der Waals surface area contributed by atoms with Crippen LogP contribution in [-0.2, 0) is 4.79 Å². The van der Waals surface area contributed by atoms with Crippen LogP contribution in [0.25, 0.3) is 0 Å². The molecule has 0 bridgehead atoms. The number of alkyl halides is 2. The Labute approximate surface area is 103 Å². The number of hydrogen-bond donors (Lipinski definition) is 2. The van der Waals surface area contributed by atoms with Crippen molar-refractivity contribution in [2.24, 2.45) is 5.92 Å². The normalized spacial score (nSPS) is 30.4. The zero-order valence-corrected chi connectivity index (χ0v) is 10.3. The van der Waals surface area contributed by atoms with Crippen LogP contribution in [0, 0.1) is 5.92 Å². The van der Waals surface area contributed by atoms with Crippen molar-refractivity contribution >= 4 is 12.1 Å². The zero-order chi connectivity index (χ0) is 14.1. The average molecular weight is 265 g/mol. The maximum Gasteiger partial charge on any atom is 0.408 e. The van der Waals surface area contributed by atoms with E-state index in [1.807, 2.05) is 0 Å². The third-order valence-electron chi connectivity index (χ3n) is 3.63. The lowest BCUT2D eigenvalue weighted by atomic mass is 9.81. The second-order valence-corrected chi connectivity index (χ2v) is 4.78. The molecule has 7 heteroatoms. The Balaban J connectivity index is 3.16. The van der Waals surface area contributed by atoms with Crippen molar-refractivity contribution in [2.45, 2.75) is 44.6 Å². The quantitative estimate of drug-likeness (QED) is 0.817. The van der Waals surface area contributed by atoms with Crippen LogP contribution < -0.4 is 0 Å². The molecule has 18 heavy (non-hydrogen) atoms. The molecule has 5 nitrogen and oxygen atoms in total. The third kappa shape index (κ3) is 2.13. The molecule has 1 amide bonds. The Bertz CT molecular complexity index is 361. The Morgan fingerprint density at radius 2 is 1.94 bits per heavy atom. The minimum absolute atomic E-state index is 0.00389. The van der Waals surface area contributed by atoms with E-state index in [9.17, 15) is 18.4 Å². The van der Waals surface area contributed by atoms with Gasteiger partial charge in [0.15, 0.2) is 0 Å². The highest BCUT2D eigenvalue weighted by atomic mass is 19.3. The Morgan fingerprint density at radius 3 is 2.33 bits per heavy atom. The van der Waals surface area contributed by atoms with Gasteiger partial charge in [-0.25, -0.2) is 18.4 Å². The zero-order valence-electron chi connectivity index (χ0n) is 10.3. The fourth-order valence-electron chi connectivity index (χ4n) is 2.52. The van der Waals surface area contributed by atoms with Gasteiger partial charge in [-0.05, 0) is 13.3 Å². The molecule has 0 aliphatic carbocycles. The number of hydrogen-bond acceptors (Lipinski definition) is 2. The van der Waals surface area contributed by atoms with Gasteiger partial charge in [0, 0.05) is 0 Å². The molecule has 0 radical (unpaired) electrons. The lowest BCUT2D eigenvalue weighted by molar-refractivity contribution is -0.152. The molecule has 1 aliphatic rings. The second kappa shape index (κ2) is 4.70. The van der Waals surface area contributed by atoms with E-state index < -0.39 is 36.0 Å². The molecular weight excluding hydrogens is 248 g/mol. The topological polar surface area (TPSA) is 77.8 Å². The van der Waals surface area contributed by atoms with Crippen molar-refractivity contribution in [1.82, 2.24) is 4.90 Å². The maximum atomic E-state index is 13.8. The molecule has 1 aliphatic heterocycles. The average Bonchev–Trinajstić information content (AvgIpc) is 2.45. The van der Waals surface area contributed by atoms with Crippen LogP contribution in [0.4, 0.5) is 13.6 Å². The summed E-state index contributed by atoms with van der Waals surface area (Å²) in [5, 5.41) is 18.1. The fraction of sp³-hybridized carbons (Fsp3) is 0.818. The molecular formula is C11H17F2NO4. The van der Waals surface area contributed by atoms with E-state index in [0.29, 0.717) is 17.7 Å². The first-order valence-electron chi connectivity index (χ1n) is 5.79. The highest BCUT2D eigenvalue weighted by Crippen LogP contribution is 2.47. The summed E-state index contributed by atoms with van der Waals surface area (Å²) in [7, 11) is 0. The number of carbonyl (C=O) groups is 2. The summed E-state index contributed by atoms with van der Waals surface area (Å²) in [4.78, 5) is 22.6. The number of amides is 1. The summed E-state index contributed by atoms with van der Waals surface area (Å²) in [6.45, 7) is 1.81. The van der Waals surface area contributed by atoms with Crippen LogP contribution in [0.1, 0.15) is 33.1 Å². The summed E-state index contributed by atoms with van der Waals surface area (Å²) >= 11 is 0. The monoisotopic (exact) mass is 265 g/mol. The van der Waals surface area contributed by atoms with Crippen molar-refractivity contribution in [3.8, 4) is 0 Å². The molecule has 1 heterocycles. The third-order valence-corrected chi connectivity index (χ3v) is 3.63. The van der Waals surface area contributed by atoms with Crippen LogP contribution in [0.5, 0.6) is 0 Å². The highest BCUT2D eigenvalue weighted by molar-refractivity contribution is 5.85. The molecule has 1 rings (SSSR count). The van der Waals surface area contributed by atoms with Gasteiger partial charge in [0.05, 0.1) is 12.5 Å². The minimum atomic E-state index is -3.30. The predicted octanol–water partition coefficient (Wildman–Crippen LogP) is 2.27. The molecule has 0 aromatic carbocycles. The number of likely N-dealkylation sites (tertiary alicyclic amines) is 1. The van der Waals surface area contributed by atoms with Crippen LogP contribution in [0.3, 0.4) is 0 Å². The van der Waals surface area contributed by atoms with Gasteiger partial charge >= 0.3 is 12.1 Å². The van der Waals surface area contributed by atoms with Gasteiger partial charge in [-0.2, -0.15) is 0 Å². The summed E-state index contributed by atoms with van der Waals surface area (Å²) in [5.41, 5.74) is -2.06. The summed E-state index contributed by atoms with van der Waals surface area (Å²) in [6, 6.07) is 0. The SMILES string of the molecule is CCCCC1C(F)(F)CN(C(=O)O)C1(C)C(=O)O. The van der Waals surface area contributed by atoms with Gasteiger partial charge in [-0.1, -0.05) is 19.8 Å². The number of halogens is 2. The van der Waals surface area contributed by atoms with E-state index in [1.165, 1.54) is 0 Å². The Kier molecular flexibility index (Phi) is 3.83. The molecule has 0 aromatic rings. The van der Waals surface area contributed by atoms with Crippen LogP contribution >= 0.6 is 0 Å². The van der Waals surface area contributed by atoms with Gasteiger partial charge in [0.25, 0.3) is 5.92 Å². The van der Waals surface area contributed by atoms with Crippen LogP contribution in [0.15, 0.2) is 0 Å². The first-order valence-corrected chi connectivity index (χ1v) is 5.79. The van der Waals surface area contributed by atoms with E-state index >= 15 is 0 Å². The number of nitrogens with zero attached hydrogens (tertiary/aromatic N) is 1.